The van der Waals surface area contributed by atoms with Gasteiger partial charge in [-0.25, -0.2) is 0 Å². The first kappa shape index (κ1) is 13.9. The predicted octanol–water partition coefficient (Wildman–Crippen LogP) is 2.05. The third-order valence-electron chi connectivity index (χ3n) is 2.45. The van der Waals surface area contributed by atoms with Crippen LogP contribution in [0.2, 0.25) is 0 Å². The van der Waals surface area contributed by atoms with Gasteiger partial charge in [0.1, 0.15) is 0 Å². The van der Waals surface area contributed by atoms with Gasteiger partial charge in [-0.1, -0.05) is 0 Å². The summed E-state index contributed by atoms with van der Waals surface area (Å²) < 4.78 is 16.6. The second-order valence-corrected chi connectivity index (χ2v) is 5.40. The fraction of sp³-hybridized carbons (Fsp3) is 1.00. The monoisotopic (exact) mass is 232 g/mol. The molecule has 2 atom stereocenters. The second kappa shape index (κ2) is 5.00. The van der Waals surface area contributed by atoms with Crippen LogP contribution in [0.5, 0.6) is 0 Å². The number of aliphatic hydroxyl groups is 1. The van der Waals surface area contributed by atoms with Gasteiger partial charge in [-0.05, 0) is 47.5 Å². The summed E-state index contributed by atoms with van der Waals surface area (Å²) in [7, 11) is 0. The zero-order valence-electron chi connectivity index (χ0n) is 10.9. The van der Waals surface area contributed by atoms with Crippen LogP contribution in [0.3, 0.4) is 0 Å². The van der Waals surface area contributed by atoms with Crippen molar-refractivity contribution in [3.63, 3.8) is 0 Å². The van der Waals surface area contributed by atoms with Gasteiger partial charge in [0.25, 0.3) is 0 Å². The Balaban J connectivity index is 2.20. The maximum atomic E-state index is 9.48. The highest BCUT2D eigenvalue weighted by molar-refractivity contribution is 4.72. The predicted molar refractivity (Wildman–Crippen MR) is 61.0 cm³/mol. The van der Waals surface area contributed by atoms with Crippen molar-refractivity contribution in [2.24, 2.45) is 0 Å². The third-order valence-corrected chi connectivity index (χ3v) is 2.45. The lowest BCUT2D eigenvalue weighted by Gasteiger charge is -2.24. The molecule has 0 bridgehead atoms. The zero-order chi connectivity index (χ0) is 12.4. The van der Waals surface area contributed by atoms with Crippen LogP contribution in [-0.2, 0) is 14.2 Å². The maximum absolute atomic E-state index is 9.48. The van der Waals surface area contributed by atoms with E-state index in [1.54, 1.807) is 13.8 Å². The summed E-state index contributed by atoms with van der Waals surface area (Å²) >= 11 is 0. The Morgan fingerprint density at radius 1 is 1.50 bits per heavy atom. The molecule has 0 aromatic rings. The minimum atomic E-state index is -1.06. The normalized spacial score (nSPS) is 27.0. The molecule has 0 amide bonds. The first-order chi connectivity index (χ1) is 7.18. The van der Waals surface area contributed by atoms with Crippen LogP contribution in [0.4, 0.5) is 0 Å². The highest BCUT2D eigenvalue weighted by atomic mass is 16.7. The van der Waals surface area contributed by atoms with E-state index < -0.39 is 11.6 Å². The van der Waals surface area contributed by atoms with Crippen LogP contribution in [0, 0.1) is 0 Å². The van der Waals surface area contributed by atoms with E-state index in [0.29, 0.717) is 6.61 Å². The summed E-state index contributed by atoms with van der Waals surface area (Å²) in [4.78, 5) is 0. The van der Waals surface area contributed by atoms with Crippen LogP contribution >= 0.6 is 0 Å². The molecule has 16 heavy (non-hydrogen) atoms. The lowest BCUT2D eigenvalue weighted by molar-refractivity contribution is -0.204. The summed E-state index contributed by atoms with van der Waals surface area (Å²) in [6.07, 6.45) is 1.91. The van der Waals surface area contributed by atoms with E-state index >= 15 is 0 Å². The third kappa shape index (κ3) is 5.25. The van der Waals surface area contributed by atoms with Gasteiger partial charge in [0.05, 0.1) is 18.8 Å². The van der Waals surface area contributed by atoms with E-state index in [2.05, 4.69) is 0 Å². The van der Waals surface area contributed by atoms with Gasteiger partial charge in [0, 0.05) is 0 Å². The number of ether oxygens (including phenoxy) is 3. The van der Waals surface area contributed by atoms with E-state index in [4.69, 9.17) is 14.2 Å². The second-order valence-electron chi connectivity index (χ2n) is 5.40. The van der Waals surface area contributed by atoms with Gasteiger partial charge in [0.2, 0.25) is 0 Å². The Morgan fingerprint density at radius 3 is 2.56 bits per heavy atom. The van der Waals surface area contributed by atoms with Crippen molar-refractivity contribution in [3.8, 4) is 0 Å². The molecule has 0 unspecified atom stereocenters. The van der Waals surface area contributed by atoms with Crippen molar-refractivity contribution >= 4 is 0 Å². The van der Waals surface area contributed by atoms with Gasteiger partial charge in [-0.15, -0.1) is 0 Å². The Hall–Kier alpha value is -0.160. The molecule has 4 heteroatoms. The molecule has 0 saturated carbocycles. The standard InChI is InChI=1S/C12H24O4/c1-9(15-11(2,3)13)6-7-10-8-14-12(4,5)16-10/h9-10,13H,6-8H2,1-5H3/t9-,10-/m0/s1. The topological polar surface area (TPSA) is 47.9 Å². The van der Waals surface area contributed by atoms with Crippen LogP contribution in [0.25, 0.3) is 0 Å². The van der Waals surface area contributed by atoms with Crippen molar-refractivity contribution in [1.82, 2.24) is 0 Å². The SMILES string of the molecule is C[C@@H](CC[C@H]1COC(C)(C)O1)OC(C)(C)O. The van der Waals surface area contributed by atoms with E-state index in [1.807, 2.05) is 20.8 Å². The lowest BCUT2D eigenvalue weighted by Crippen LogP contribution is -2.29. The molecule has 1 aliphatic heterocycles. The molecule has 0 spiro atoms. The number of rotatable bonds is 5. The van der Waals surface area contributed by atoms with E-state index in [1.165, 1.54) is 0 Å². The van der Waals surface area contributed by atoms with E-state index in [9.17, 15) is 5.11 Å². The first-order valence-electron chi connectivity index (χ1n) is 5.90. The molecule has 1 aliphatic rings. The van der Waals surface area contributed by atoms with Gasteiger partial charge < -0.3 is 19.3 Å². The van der Waals surface area contributed by atoms with Crippen molar-refractivity contribution < 1.29 is 19.3 Å². The Labute approximate surface area is 97.9 Å². The number of hydrogen-bond donors (Lipinski definition) is 1. The summed E-state index contributed by atoms with van der Waals surface area (Å²) in [6.45, 7) is 9.72. The average molecular weight is 232 g/mol. The minimum Gasteiger partial charge on any atom is -0.366 e. The summed E-state index contributed by atoms with van der Waals surface area (Å²) in [5.41, 5.74) is 0. The fourth-order valence-electron chi connectivity index (χ4n) is 1.88. The van der Waals surface area contributed by atoms with Crippen LogP contribution in [0.15, 0.2) is 0 Å². The Kier molecular flexibility index (Phi) is 4.35. The molecule has 0 radical (unpaired) electrons. The molecular formula is C12H24O4. The molecular weight excluding hydrogens is 208 g/mol. The first-order valence-corrected chi connectivity index (χ1v) is 5.90. The lowest BCUT2D eigenvalue weighted by atomic mass is 10.1. The van der Waals surface area contributed by atoms with Gasteiger partial charge in [-0.3, -0.25) is 0 Å². The molecule has 1 heterocycles. The minimum absolute atomic E-state index is 0.0207. The molecule has 96 valence electrons. The summed E-state index contributed by atoms with van der Waals surface area (Å²) in [6, 6.07) is 0. The Morgan fingerprint density at radius 2 is 2.12 bits per heavy atom. The quantitative estimate of drug-likeness (QED) is 0.737. The summed E-state index contributed by atoms with van der Waals surface area (Å²) in [5.74, 6) is -1.52. The molecule has 4 nitrogen and oxygen atoms in total. The molecule has 0 aliphatic carbocycles. The fourth-order valence-corrected chi connectivity index (χ4v) is 1.88. The molecule has 0 aromatic heterocycles. The van der Waals surface area contributed by atoms with E-state index in [-0.39, 0.29) is 12.2 Å². The molecule has 0 aromatic carbocycles. The molecule has 1 N–H and O–H groups in total. The molecule has 1 fully saturated rings. The molecule has 1 saturated heterocycles. The van der Waals surface area contributed by atoms with Crippen LogP contribution in [0.1, 0.15) is 47.5 Å². The Bertz CT molecular complexity index is 220. The zero-order valence-corrected chi connectivity index (χ0v) is 10.9. The van der Waals surface area contributed by atoms with E-state index in [0.717, 1.165) is 12.8 Å². The maximum Gasteiger partial charge on any atom is 0.163 e. The average Bonchev–Trinajstić information content (AvgIpc) is 2.39. The largest absolute Gasteiger partial charge is 0.366 e. The number of hydrogen-bond acceptors (Lipinski definition) is 4. The van der Waals surface area contributed by atoms with Crippen molar-refractivity contribution in [2.45, 2.75) is 71.2 Å². The highest BCUT2D eigenvalue weighted by Gasteiger charge is 2.32. The van der Waals surface area contributed by atoms with Crippen molar-refractivity contribution in [1.29, 1.82) is 0 Å². The van der Waals surface area contributed by atoms with Crippen molar-refractivity contribution in [2.75, 3.05) is 6.61 Å². The summed E-state index contributed by atoms with van der Waals surface area (Å²) in [5, 5.41) is 9.48. The molecule has 1 rings (SSSR count). The van der Waals surface area contributed by atoms with Gasteiger partial charge in [0.15, 0.2) is 11.6 Å². The smallest absolute Gasteiger partial charge is 0.163 e. The van der Waals surface area contributed by atoms with Gasteiger partial charge >= 0.3 is 0 Å². The van der Waals surface area contributed by atoms with Crippen LogP contribution in [-0.4, -0.2) is 35.5 Å². The highest BCUT2D eigenvalue weighted by Crippen LogP contribution is 2.25. The van der Waals surface area contributed by atoms with Gasteiger partial charge in [-0.2, -0.15) is 0 Å². The van der Waals surface area contributed by atoms with Crippen LogP contribution < -0.4 is 0 Å². The van der Waals surface area contributed by atoms with Crippen molar-refractivity contribution in [3.05, 3.63) is 0 Å².